The van der Waals surface area contributed by atoms with Crippen molar-refractivity contribution in [2.24, 2.45) is 5.73 Å². The standard InChI is InChI=1S/C10H14N2O2.C10H15NO.CH3.3HI.V/c1-3-7-5-6-8(10(11)14)12(7)9(13)4-2;1-4-9-7-6-8(3)11(9)10(12)5-2;;;;;/h1,7-8H,4-6H2,2H3,(H2,11,14);1,8-9H,5-7H2,2-3H3;1H3;3*1H;/q;;-1;;;;+3/p-3/t7-,8-;8-,9+;;;;;/m01...../s1. The molecule has 0 aliphatic carbocycles. The molecule has 2 fully saturated rings. The maximum absolute atomic E-state index is 11.5. The predicted octanol–water partition coefficient (Wildman–Crippen LogP) is 4.39. The van der Waals surface area contributed by atoms with E-state index in [1.807, 2.05) is 11.8 Å². The van der Waals surface area contributed by atoms with Crippen molar-refractivity contribution < 1.29 is 19.3 Å². The molecule has 10 heteroatoms. The number of amides is 3. The second-order valence-electron chi connectivity index (χ2n) is 6.79. The second kappa shape index (κ2) is 17.7. The van der Waals surface area contributed by atoms with E-state index in [0.717, 1.165) is 12.8 Å². The van der Waals surface area contributed by atoms with Gasteiger partial charge in [0.05, 0.1) is 12.1 Å². The van der Waals surface area contributed by atoms with Crippen molar-refractivity contribution >= 4 is 77.7 Å². The molecule has 4 atom stereocenters. The fraction of sp³-hybridized carbons (Fsp3) is 0.619. The summed E-state index contributed by atoms with van der Waals surface area (Å²) in [5.41, 5.74) is 5.20. The summed E-state index contributed by atoms with van der Waals surface area (Å²) in [5.74, 6) is 4.79. The molecule has 176 valence electrons. The molecule has 31 heavy (non-hydrogen) atoms. The van der Waals surface area contributed by atoms with Gasteiger partial charge in [0.15, 0.2) is 0 Å². The third-order valence-corrected chi connectivity index (χ3v) is 4.95. The number of likely N-dealkylation sites (tertiary alicyclic amines) is 2. The minimum atomic E-state index is -0.511. The Morgan fingerprint density at radius 2 is 1.32 bits per heavy atom. The maximum atomic E-state index is 11.5. The number of hydrogen-bond acceptors (Lipinski definition) is 3. The van der Waals surface area contributed by atoms with Gasteiger partial charge >= 0.3 is 64.9 Å². The van der Waals surface area contributed by atoms with E-state index >= 15 is 0 Å². The zero-order valence-electron chi connectivity index (χ0n) is 18.5. The fourth-order valence-electron chi connectivity index (χ4n) is 3.53. The van der Waals surface area contributed by atoms with Gasteiger partial charge in [-0.15, -0.1) is 12.8 Å². The summed E-state index contributed by atoms with van der Waals surface area (Å²) < 4.78 is 0. The van der Waals surface area contributed by atoms with Gasteiger partial charge in [-0.2, -0.15) is 0 Å². The normalized spacial score (nSPS) is 23.9. The average Bonchev–Trinajstić information content (AvgIpc) is 3.30. The number of hydrogen-bond donors (Lipinski definition) is 1. The second-order valence-corrected chi connectivity index (χ2v) is 42.2. The Kier molecular flexibility index (Phi) is 19.2. The molecule has 0 saturated carbocycles. The van der Waals surface area contributed by atoms with Crippen LogP contribution in [0.2, 0.25) is 0 Å². The summed E-state index contributed by atoms with van der Waals surface area (Å²) in [6.07, 6.45) is 14.8. The molecule has 3 amide bonds. The van der Waals surface area contributed by atoms with Crippen LogP contribution in [-0.4, -0.2) is 51.7 Å². The molecule has 2 heterocycles. The number of nitrogens with two attached hydrogens (primary N) is 1. The molecule has 0 radical (unpaired) electrons. The summed E-state index contributed by atoms with van der Waals surface area (Å²) in [4.78, 5) is 37.0. The van der Waals surface area contributed by atoms with Crippen molar-refractivity contribution in [1.29, 1.82) is 0 Å². The zero-order valence-corrected chi connectivity index (χ0v) is 26.4. The van der Waals surface area contributed by atoms with Crippen LogP contribution in [0, 0.1) is 32.1 Å². The quantitative estimate of drug-likeness (QED) is 0.261. The van der Waals surface area contributed by atoms with Crippen LogP contribution >= 0.6 is 59.9 Å². The van der Waals surface area contributed by atoms with Gasteiger partial charge in [-0.1, -0.05) is 25.7 Å². The molecule has 0 aromatic rings. The van der Waals surface area contributed by atoms with Crippen LogP contribution in [0.1, 0.15) is 59.3 Å². The van der Waals surface area contributed by atoms with Gasteiger partial charge in [0.2, 0.25) is 17.7 Å². The Hall–Kier alpha value is 0.304. The molecule has 2 saturated heterocycles. The molecule has 0 aromatic carbocycles. The molecule has 2 N–H and O–H groups in total. The number of rotatable bonds is 3. The first-order valence-electron chi connectivity index (χ1n) is 9.66. The van der Waals surface area contributed by atoms with Crippen LogP contribution < -0.4 is 5.73 Å². The molecular formula is C21H32I3N3O3V-. The first kappa shape index (κ1) is 33.5. The molecule has 6 nitrogen and oxygen atoms in total. The summed E-state index contributed by atoms with van der Waals surface area (Å²) >= 11 is 7.39. The number of nitrogens with zero attached hydrogens (tertiary/aromatic N) is 2. The fourth-order valence-corrected chi connectivity index (χ4v) is 3.53. The first-order valence-corrected chi connectivity index (χ1v) is 23.2. The monoisotopic (exact) mass is 806 g/mol. The van der Waals surface area contributed by atoms with Crippen LogP contribution in [0.15, 0.2) is 0 Å². The molecule has 0 spiro atoms. The number of terminal acetylenes is 2. The molecule has 2 rings (SSSR count). The Labute approximate surface area is 225 Å². The summed E-state index contributed by atoms with van der Waals surface area (Å²) in [5, 5.41) is 0. The van der Waals surface area contributed by atoms with Crippen molar-refractivity contribution in [2.45, 2.75) is 83.5 Å². The number of carbonyl (C=O) groups is 3. The SMILES string of the molecule is C#C[C@H]1CC[C@@H](C(N)=O)N1C(=O)CC.C#C[C@H]1CC[C@@H](C)N1C(=O)CC.[CH3-].[I][V]([I])[I]. The molecule has 0 aromatic heterocycles. The van der Waals surface area contributed by atoms with Crippen LogP contribution in [0.4, 0.5) is 0 Å². The Morgan fingerprint density at radius 3 is 1.71 bits per heavy atom. The van der Waals surface area contributed by atoms with E-state index in [0.29, 0.717) is 31.7 Å². The first-order chi connectivity index (χ1) is 14.0. The van der Waals surface area contributed by atoms with Gasteiger partial charge in [0.25, 0.3) is 0 Å². The van der Waals surface area contributed by atoms with E-state index in [1.165, 1.54) is 4.90 Å². The summed E-state index contributed by atoms with van der Waals surface area (Å²) in [6, 6.07) is -0.394. The topological polar surface area (TPSA) is 83.7 Å². The van der Waals surface area contributed by atoms with Crippen LogP contribution in [0.25, 0.3) is 0 Å². The number of halogens is 3. The van der Waals surface area contributed by atoms with Crippen LogP contribution in [0.5, 0.6) is 0 Å². The van der Waals surface area contributed by atoms with Crippen LogP contribution in [-0.2, 0) is 19.3 Å². The third kappa shape index (κ3) is 11.3. The van der Waals surface area contributed by atoms with Crippen LogP contribution in [0.3, 0.4) is 0 Å². The van der Waals surface area contributed by atoms with Crippen molar-refractivity contribution in [3.8, 4) is 24.7 Å². The minimum absolute atomic E-state index is 0. The number of carbonyl (C=O) groups excluding carboxylic acids is 3. The number of primary amides is 1. The van der Waals surface area contributed by atoms with Gasteiger partial charge in [0, 0.05) is 18.9 Å². The van der Waals surface area contributed by atoms with Gasteiger partial charge < -0.3 is 23.0 Å². The van der Waals surface area contributed by atoms with E-state index in [2.05, 4.69) is 78.7 Å². The van der Waals surface area contributed by atoms with Gasteiger partial charge in [-0.05, 0) is 32.6 Å². The van der Waals surface area contributed by atoms with E-state index in [9.17, 15) is 14.4 Å². The molecule has 2 aliphatic rings. The molecule has 0 unspecified atom stereocenters. The third-order valence-electron chi connectivity index (χ3n) is 4.95. The van der Waals surface area contributed by atoms with Crippen molar-refractivity contribution in [2.75, 3.05) is 0 Å². The molecular weight excluding hydrogens is 774 g/mol. The van der Waals surface area contributed by atoms with E-state index in [1.54, 1.807) is 6.92 Å². The zero-order chi connectivity index (χ0) is 23.4. The molecule has 2 aliphatic heterocycles. The van der Waals surface area contributed by atoms with Gasteiger partial charge in [0.1, 0.15) is 6.04 Å². The van der Waals surface area contributed by atoms with Gasteiger partial charge in [-0.3, -0.25) is 14.4 Å². The van der Waals surface area contributed by atoms with Crippen molar-refractivity contribution in [1.82, 2.24) is 9.80 Å². The summed E-state index contributed by atoms with van der Waals surface area (Å²) in [6.45, 7) is 5.68. The Bertz CT molecular complexity index is 676. The van der Waals surface area contributed by atoms with Gasteiger partial charge in [-0.25, -0.2) is 0 Å². The average molecular weight is 806 g/mol. The van der Waals surface area contributed by atoms with Crippen molar-refractivity contribution in [3.63, 3.8) is 0 Å². The molecule has 0 bridgehead atoms. The Balaban J connectivity index is 0. The summed E-state index contributed by atoms with van der Waals surface area (Å²) in [7, 11) is 0. The van der Waals surface area contributed by atoms with Crippen molar-refractivity contribution in [3.05, 3.63) is 7.43 Å². The van der Waals surface area contributed by atoms with E-state index in [4.69, 9.17) is 18.6 Å². The Morgan fingerprint density at radius 1 is 0.935 bits per heavy atom. The van der Waals surface area contributed by atoms with E-state index < -0.39 is 11.9 Å². The predicted molar refractivity (Wildman–Crippen MR) is 149 cm³/mol. The van der Waals surface area contributed by atoms with E-state index in [-0.39, 0.29) is 36.2 Å².